The Hall–Kier alpha value is -3.80. The van der Waals surface area contributed by atoms with E-state index in [-0.39, 0.29) is 6.54 Å². The second-order valence-corrected chi connectivity index (χ2v) is 6.45. The molecule has 0 radical (unpaired) electrons. The average molecular weight is 371 g/mol. The summed E-state index contributed by atoms with van der Waals surface area (Å²) in [5.41, 5.74) is 2.28. The Morgan fingerprint density at radius 2 is 1.61 bits per heavy atom. The van der Waals surface area contributed by atoms with Crippen molar-refractivity contribution in [1.82, 2.24) is 4.98 Å². The van der Waals surface area contributed by atoms with Crippen LogP contribution in [0.4, 0.5) is 11.4 Å². The molecular weight excluding hydrogens is 354 g/mol. The number of pyridine rings is 1. The van der Waals surface area contributed by atoms with Gasteiger partial charge in [-0.2, -0.15) is 0 Å². The van der Waals surface area contributed by atoms with Gasteiger partial charge in [0, 0.05) is 23.6 Å². The molecule has 28 heavy (non-hydrogen) atoms. The predicted octanol–water partition coefficient (Wildman–Crippen LogP) is 3.07. The highest BCUT2D eigenvalue weighted by molar-refractivity contribution is 6.32. The molecule has 2 aromatic carbocycles. The first-order chi connectivity index (χ1) is 13.6. The van der Waals surface area contributed by atoms with Crippen LogP contribution in [0.1, 0.15) is 15.9 Å². The Kier molecular flexibility index (Phi) is 4.68. The maximum atomic E-state index is 13.2. The van der Waals surface area contributed by atoms with E-state index in [9.17, 15) is 14.4 Å². The molecular formula is C22H17N3O3. The van der Waals surface area contributed by atoms with Crippen LogP contribution in [-0.4, -0.2) is 22.6 Å². The largest absolute Gasteiger partial charge is 0.325 e. The highest BCUT2D eigenvalue weighted by Crippen LogP contribution is 2.32. The molecule has 0 spiro atoms. The van der Waals surface area contributed by atoms with Crippen molar-refractivity contribution in [2.45, 2.75) is 6.54 Å². The molecule has 1 aliphatic heterocycles. The highest BCUT2D eigenvalue weighted by Gasteiger charge is 2.43. The van der Waals surface area contributed by atoms with Crippen molar-refractivity contribution in [3.63, 3.8) is 0 Å². The fraction of sp³-hybridized carbons (Fsp3) is 0.0909. The molecule has 0 fully saturated rings. The zero-order chi connectivity index (χ0) is 19.5. The number of carbonyl (C=O) groups is 3. The molecule has 1 atom stereocenters. The second kappa shape index (κ2) is 7.44. The molecule has 0 bridgehead atoms. The van der Waals surface area contributed by atoms with Gasteiger partial charge in [0.1, 0.15) is 0 Å². The first-order valence-corrected chi connectivity index (χ1v) is 8.84. The fourth-order valence-electron chi connectivity index (χ4n) is 3.27. The molecule has 1 aliphatic rings. The van der Waals surface area contributed by atoms with Crippen LogP contribution >= 0.6 is 0 Å². The van der Waals surface area contributed by atoms with Gasteiger partial charge < -0.3 is 10.2 Å². The van der Waals surface area contributed by atoms with Crippen LogP contribution in [0.3, 0.4) is 0 Å². The molecule has 1 aromatic heterocycles. The first kappa shape index (κ1) is 17.6. The highest BCUT2D eigenvalue weighted by atomic mass is 16.2. The molecule has 0 aliphatic carbocycles. The van der Waals surface area contributed by atoms with E-state index in [4.69, 9.17) is 0 Å². The summed E-state index contributed by atoms with van der Waals surface area (Å²) in [7, 11) is 0. The molecule has 2 amide bonds. The van der Waals surface area contributed by atoms with Crippen LogP contribution in [0, 0.1) is 5.92 Å². The van der Waals surface area contributed by atoms with Gasteiger partial charge in [0.05, 0.1) is 12.2 Å². The minimum absolute atomic E-state index is 0.281. The monoisotopic (exact) mass is 371 g/mol. The van der Waals surface area contributed by atoms with E-state index < -0.39 is 23.5 Å². The van der Waals surface area contributed by atoms with Crippen LogP contribution in [-0.2, 0) is 16.1 Å². The number of benzene rings is 2. The molecule has 6 heteroatoms. The number of nitrogens with one attached hydrogen (secondary N) is 1. The molecule has 4 rings (SSSR count). The number of ketones is 1. The SMILES string of the molecule is O=C(Nc1ccncc1)C1C(=O)c2ccccc2N(Cc2ccccc2)C1=O. The molecule has 3 aromatic rings. The third-order valence-electron chi connectivity index (χ3n) is 4.63. The maximum Gasteiger partial charge on any atom is 0.247 e. The lowest BCUT2D eigenvalue weighted by molar-refractivity contribution is -0.129. The lowest BCUT2D eigenvalue weighted by Gasteiger charge is -2.32. The van der Waals surface area contributed by atoms with Gasteiger partial charge in [-0.05, 0) is 29.8 Å². The summed E-state index contributed by atoms with van der Waals surface area (Å²) in [5, 5.41) is 2.64. The summed E-state index contributed by atoms with van der Waals surface area (Å²) in [6.45, 7) is 0.281. The normalized spacial score (nSPS) is 15.9. The quantitative estimate of drug-likeness (QED) is 0.715. The van der Waals surface area contributed by atoms with Crippen LogP contribution in [0.25, 0.3) is 0 Å². The number of para-hydroxylation sites is 1. The van der Waals surface area contributed by atoms with Gasteiger partial charge in [0.15, 0.2) is 11.7 Å². The van der Waals surface area contributed by atoms with E-state index in [1.807, 2.05) is 30.3 Å². The lowest BCUT2D eigenvalue weighted by Crippen LogP contribution is -2.49. The van der Waals surface area contributed by atoms with Crippen molar-refractivity contribution >= 4 is 29.0 Å². The van der Waals surface area contributed by atoms with E-state index in [1.165, 1.54) is 17.3 Å². The number of hydrogen-bond donors (Lipinski definition) is 1. The number of fused-ring (bicyclic) bond motifs is 1. The third kappa shape index (κ3) is 3.27. The molecule has 0 saturated heterocycles. The van der Waals surface area contributed by atoms with Gasteiger partial charge in [0.25, 0.3) is 0 Å². The van der Waals surface area contributed by atoms with Gasteiger partial charge in [-0.1, -0.05) is 42.5 Å². The van der Waals surface area contributed by atoms with E-state index in [0.29, 0.717) is 16.9 Å². The number of Topliss-reactive ketones (excluding diaryl/α,β-unsaturated/α-hetero) is 1. The minimum Gasteiger partial charge on any atom is -0.325 e. The van der Waals surface area contributed by atoms with Crippen molar-refractivity contribution in [3.8, 4) is 0 Å². The third-order valence-corrected chi connectivity index (χ3v) is 4.63. The van der Waals surface area contributed by atoms with Crippen LogP contribution in [0.5, 0.6) is 0 Å². The Morgan fingerprint density at radius 3 is 2.36 bits per heavy atom. The minimum atomic E-state index is -1.42. The number of rotatable bonds is 4. The summed E-state index contributed by atoms with van der Waals surface area (Å²) >= 11 is 0. The molecule has 6 nitrogen and oxygen atoms in total. The van der Waals surface area contributed by atoms with Gasteiger partial charge in [0.2, 0.25) is 11.8 Å². The van der Waals surface area contributed by atoms with Crippen LogP contribution in [0.2, 0.25) is 0 Å². The molecule has 2 heterocycles. The zero-order valence-electron chi connectivity index (χ0n) is 14.9. The smallest absolute Gasteiger partial charge is 0.247 e. The van der Waals surface area contributed by atoms with Crippen molar-refractivity contribution in [1.29, 1.82) is 0 Å². The summed E-state index contributed by atoms with van der Waals surface area (Å²) in [4.78, 5) is 44.3. The van der Waals surface area contributed by atoms with Crippen molar-refractivity contribution in [2.24, 2.45) is 5.92 Å². The lowest BCUT2D eigenvalue weighted by atomic mass is 9.89. The first-order valence-electron chi connectivity index (χ1n) is 8.84. The number of anilines is 2. The van der Waals surface area contributed by atoms with Gasteiger partial charge in [-0.15, -0.1) is 0 Å². The van der Waals surface area contributed by atoms with Gasteiger partial charge >= 0.3 is 0 Å². The van der Waals surface area contributed by atoms with Crippen LogP contribution in [0.15, 0.2) is 79.1 Å². The number of carbonyl (C=O) groups excluding carboxylic acids is 3. The van der Waals surface area contributed by atoms with Gasteiger partial charge in [-0.3, -0.25) is 19.4 Å². The summed E-state index contributed by atoms with van der Waals surface area (Å²) in [6.07, 6.45) is 3.05. The second-order valence-electron chi connectivity index (χ2n) is 6.45. The number of aromatic nitrogens is 1. The predicted molar refractivity (Wildman–Crippen MR) is 105 cm³/mol. The fourth-order valence-corrected chi connectivity index (χ4v) is 3.27. The summed E-state index contributed by atoms with van der Waals surface area (Å²) < 4.78 is 0. The Labute approximate surface area is 161 Å². The van der Waals surface area contributed by atoms with Crippen LogP contribution < -0.4 is 10.2 Å². The number of amides is 2. The van der Waals surface area contributed by atoms with E-state index in [2.05, 4.69) is 10.3 Å². The Bertz CT molecular complexity index is 1040. The Balaban J connectivity index is 1.69. The zero-order valence-corrected chi connectivity index (χ0v) is 14.9. The topological polar surface area (TPSA) is 79.4 Å². The van der Waals surface area contributed by atoms with Crippen molar-refractivity contribution in [2.75, 3.05) is 10.2 Å². The average Bonchev–Trinajstić information content (AvgIpc) is 2.73. The molecule has 1 unspecified atom stereocenters. The van der Waals surface area contributed by atoms with Crippen molar-refractivity contribution in [3.05, 3.63) is 90.3 Å². The molecule has 0 saturated carbocycles. The van der Waals surface area contributed by atoms with E-state index >= 15 is 0 Å². The van der Waals surface area contributed by atoms with E-state index in [0.717, 1.165) is 5.56 Å². The Morgan fingerprint density at radius 1 is 0.929 bits per heavy atom. The van der Waals surface area contributed by atoms with E-state index in [1.54, 1.807) is 36.4 Å². The van der Waals surface area contributed by atoms with Gasteiger partial charge in [-0.25, -0.2) is 0 Å². The number of hydrogen-bond acceptors (Lipinski definition) is 4. The van der Waals surface area contributed by atoms with Crippen molar-refractivity contribution < 1.29 is 14.4 Å². The molecule has 138 valence electrons. The molecule has 1 N–H and O–H groups in total. The standard InChI is InChI=1S/C22H17N3O3/c26-20-17-8-4-5-9-18(17)25(14-15-6-2-1-3-7-15)22(28)19(20)21(27)24-16-10-12-23-13-11-16/h1-13,19H,14H2,(H,23,24,27). The number of nitrogens with zero attached hydrogens (tertiary/aromatic N) is 2. The summed E-state index contributed by atoms with van der Waals surface area (Å²) in [5.74, 6) is -3.09. The maximum absolute atomic E-state index is 13.2. The summed E-state index contributed by atoms with van der Waals surface area (Å²) in [6, 6.07) is 19.5.